The van der Waals surface area contributed by atoms with E-state index < -0.39 is 11.7 Å². The molecule has 0 aromatic rings. The van der Waals surface area contributed by atoms with Crippen molar-refractivity contribution < 1.29 is 13.2 Å². The Morgan fingerprint density at radius 3 is 2.48 bits per heavy atom. The monoisotopic (exact) mass is 456 g/mol. The number of halogens is 4. The molecule has 6 heteroatoms. The van der Waals surface area contributed by atoms with E-state index in [1.165, 1.54) is 11.6 Å². The van der Waals surface area contributed by atoms with Crippen LogP contribution in [0.2, 0.25) is 0 Å². The molecule has 0 amide bonds. The standard InChI is InChI=1S/C25H36ClF3N2/c1-17(2)23(30-21-11-7-19(8-12-21)25(27,28)29)15-31-14-13-22(24(3,4)16-31)18-5-9-20(26)10-6-18/h5-7,9,17,20,22-23H,8,10-16H2,1-4H3/t20?,22-,23+/m1/s1. The molecule has 2 aliphatic carbocycles. The third-order valence-corrected chi connectivity index (χ3v) is 7.31. The second-order valence-corrected chi connectivity index (χ2v) is 10.9. The van der Waals surface area contributed by atoms with Gasteiger partial charge in [0.15, 0.2) is 0 Å². The number of piperidine rings is 1. The quantitative estimate of drug-likeness (QED) is 0.322. The number of rotatable bonds is 5. The minimum atomic E-state index is -4.20. The van der Waals surface area contributed by atoms with Crippen LogP contribution in [-0.4, -0.2) is 47.8 Å². The minimum absolute atomic E-state index is 0.0529. The van der Waals surface area contributed by atoms with Crippen LogP contribution >= 0.6 is 11.6 Å². The molecule has 0 bridgehead atoms. The van der Waals surface area contributed by atoms with E-state index in [0.29, 0.717) is 24.7 Å². The first-order valence-electron chi connectivity index (χ1n) is 11.5. The molecule has 0 saturated carbocycles. The fourth-order valence-electron chi connectivity index (χ4n) is 5.11. The van der Waals surface area contributed by atoms with Crippen LogP contribution in [0.4, 0.5) is 13.2 Å². The van der Waals surface area contributed by atoms with Crippen molar-refractivity contribution in [3.63, 3.8) is 0 Å². The number of likely N-dealkylation sites (tertiary alicyclic amines) is 1. The summed E-state index contributed by atoms with van der Waals surface area (Å²) in [4.78, 5) is 7.44. The molecule has 1 fully saturated rings. The number of hydrogen-bond acceptors (Lipinski definition) is 2. The Labute approximate surface area is 190 Å². The number of allylic oxidation sites excluding steroid dienone is 6. The average Bonchev–Trinajstić information content (AvgIpc) is 2.67. The summed E-state index contributed by atoms with van der Waals surface area (Å²) >= 11 is 6.20. The topological polar surface area (TPSA) is 15.6 Å². The van der Waals surface area contributed by atoms with Crippen molar-refractivity contribution in [3.05, 3.63) is 35.5 Å². The number of alkyl halides is 4. The van der Waals surface area contributed by atoms with E-state index in [1.54, 1.807) is 0 Å². The molecule has 174 valence electrons. The molecule has 1 aliphatic heterocycles. The molecule has 0 N–H and O–H groups in total. The third kappa shape index (κ3) is 6.47. The van der Waals surface area contributed by atoms with Gasteiger partial charge in [0.05, 0.1) is 11.4 Å². The fraction of sp³-hybridized carbons (Fsp3) is 0.720. The number of nitrogens with zero attached hydrogens (tertiary/aromatic N) is 2. The minimum Gasteiger partial charge on any atom is -0.301 e. The summed E-state index contributed by atoms with van der Waals surface area (Å²) in [6, 6.07) is 0.119. The SMILES string of the molecule is CC(C)[C@H](CN1CC[C@H](C2=CCC(Cl)C=C2)C(C)(C)C1)N=C1CC=C(C(F)(F)F)CC1. The smallest absolute Gasteiger partial charge is 0.301 e. The molecule has 0 spiro atoms. The van der Waals surface area contributed by atoms with E-state index in [2.05, 4.69) is 50.8 Å². The lowest BCUT2D eigenvalue weighted by Gasteiger charge is -2.46. The summed E-state index contributed by atoms with van der Waals surface area (Å²) in [6.07, 6.45) is 6.54. The molecule has 0 aromatic carbocycles. The second-order valence-electron chi connectivity index (χ2n) is 10.3. The summed E-state index contributed by atoms with van der Waals surface area (Å²) in [7, 11) is 0. The van der Waals surface area contributed by atoms with Gasteiger partial charge in [-0.15, -0.1) is 11.6 Å². The van der Waals surface area contributed by atoms with Gasteiger partial charge in [0.2, 0.25) is 0 Å². The molecule has 1 unspecified atom stereocenters. The molecule has 31 heavy (non-hydrogen) atoms. The Hall–Kier alpha value is -1.07. The lowest BCUT2D eigenvalue weighted by Crippen LogP contribution is -2.49. The van der Waals surface area contributed by atoms with Crippen LogP contribution in [0, 0.1) is 17.3 Å². The zero-order valence-corrected chi connectivity index (χ0v) is 19.9. The fourth-order valence-corrected chi connectivity index (χ4v) is 5.27. The molecule has 3 aliphatic rings. The summed E-state index contributed by atoms with van der Waals surface area (Å²) in [5, 5.41) is 0.111. The molecule has 1 heterocycles. The van der Waals surface area contributed by atoms with Crippen molar-refractivity contribution in [1.29, 1.82) is 0 Å². The predicted molar refractivity (Wildman–Crippen MR) is 124 cm³/mol. The van der Waals surface area contributed by atoms with E-state index >= 15 is 0 Å². The molecule has 0 aromatic heterocycles. The molecule has 1 saturated heterocycles. The van der Waals surface area contributed by atoms with Gasteiger partial charge in [-0.1, -0.05) is 52.0 Å². The van der Waals surface area contributed by atoms with Crippen LogP contribution in [-0.2, 0) is 0 Å². The van der Waals surface area contributed by atoms with Gasteiger partial charge in [-0.25, -0.2) is 0 Å². The third-order valence-electron chi connectivity index (χ3n) is 6.98. The Bertz CT molecular complexity index is 761. The first-order chi connectivity index (χ1) is 14.5. The normalized spacial score (nSPS) is 29.8. The van der Waals surface area contributed by atoms with Crippen LogP contribution in [0.15, 0.2) is 40.4 Å². The predicted octanol–water partition coefficient (Wildman–Crippen LogP) is 6.97. The van der Waals surface area contributed by atoms with E-state index in [-0.39, 0.29) is 23.3 Å². The van der Waals surface area contributed by atoms with Crippen molar-refractivity contribution in [2.24, 2.45) is 22.2 Å². The van der Waals surface area contributed by atoms with Crippen molar-refractivity contribution in [2.75, 3.05) is 19.6 Å². The lowest BCUT2D eigenvalue weighted by atomic mass is 9.69. The summed E-state index contributed by atoms with van der Waals surface area (Å²) in [5.41, 5.74) is 2.07. The van der Waals surface area contributed by atoms with Gasteiger partial charge in [0.1, 0.15) is 0 Å². The van der Waals surface area contributed by atoms with Gasteiger partial charge < -0.3 is 4.90 Å². The highest BCUT2D eigenvalue weighted by molar-refractivity contribution is 6.22. The maximum atomic E-state index is 12.9. The molecule has 0 radical (unpaired) electrons. The first-order valence-corrected chi connectivity index (χ1v) is 12.0. The van der Waals surface area contributed by atoms with Crippen molar-refractivity contribution in [1.82, 2.24) is 4.90 Å². The Kier molecular flexibility index (Phi) is 7.79. The lowest BCUT2D eigenvalue weighted by molar-refractivity contribution is -0.0942. The Morgan fingerprint density at radius 2 is 1.97 bits per heavy atom. The van der Waals surface area contributed by atoms with Gasteiger partial charge in [-0.3, -0.25) is 4.99 Å². The molecule has 3 atom stereocenters. The maximum Gasteiger partial charge on any atom is 0.412 e. The highest BCUT2D eigenvalue weighted by Gasteiger charge is 2.38. The number of aliphatic imine (C=N–C) groups is 1. The van der Waals surface area contributed by atoms with Crippen molar-refractivity contribution >= 4 is 17.3 Å². The molecule has 3 rings (SSSR count). The molecule has 2 nitrogen and oxygen atoms in total. The second kappa shape index (κ2) is 9.82. The Morgan fingerprint density at radius 1 is 1.23 bits per heavy atom. The molecular formula is C25H36ClF3N2. The summed E-state index contributed by atoms with van der Waals surface area (Å²) in [6.45, 7) is 11.9. The average molecular weight is 457 g/mol. The largest absolute Gasteiger partial charge is 0.412 e. The Balaban J connectivity index is 1.63. The van der Waals surface area contributed by atoms with Crippen LogP contribution in [0.1, 0.15) is 59.8 Å². The maximum absolute atomic E-state index is 12.9. The van der Waals surface area contributed by atoms with E-state index in [9.17, 15) is 13.2 Å². The van der Waals surface area contributed by atoms with Crippen molar-refractivity contribution in [3.8, 4) is 0 Å². The van der Waals surface area contributed by atoms with Crippen LogP contribution in [0.5, 0.6) is 0 Å². The van der Waals surface area contributed by atoms with Crippen molar-refractivity contribution in [2.45, 2.75) is 77.4 Å². The van der Waals surface area contributed by atoms with Gasteiger partial charge >= 0.3 is 6.18 Å². The van der Waals surface area contributed by atoms with Gasteiger partial charge in [-0.05, 0) is 55.1 Å². The zero-order valence-electron chi connectivity index (χ0n) is 19.2. The van der Waals surface area contributed by atoms with E-state index in [0.717, 1.165) is 38.2 Å². The zero-order chi connectivity index (χ0) is 22.8. The van der Waals surface area contributed by atoms with Gasteiger partial charge in [0, 0.05) is 30.8 Å². The van der Waals surface area contributed by atoms with Crippen LogP contribution < -0.4 is 0 Å². The summed E-state index contributed by atoms with van der Waals surface area (Å²) < 4.78 is 38.7. The van der Waals surface area contributed by atoms with E-state index in [1.807, 2.05) is 0 Å². The highest BCUT2D eigenvalue weighted by Crippen LogP contribution is 2.41. The van der Waals surface area contributed by atoms with Gasteiger partial charge in [0.25, 0.3) is 0 Å². The molecular weight excluding hydrogens is 421 g/mol. The van der Waals surface area contributed by atoms with Gasteiger partial charge in [-0.2, -0.15) is 13.2 Å². The van der Waals surface area contributed by atoms with E-state index in [4.69, 9.17) is 16.6 Å². The van der Waals surface area contributed by atoms with Crippen LogP contribution in [0.3, 0.4) is 0 Å². The number of hydrogen-bond donors (Lipinski definition) is 0. The van der Waals surface area contributed by atoms with Crippen LogP contribution in [0.25, 0.3) is 0 Å². The highest BCUT2D eigenvalue weighted by atomic mass is 35.5. The first kappa shape index (κ1) is 24.6. The summed E-state index contributed by atoms with van der Waals surface area (Å²) in [5.74, 6) is 0.878.